The second-order valence-electron chi connectivity index (χ2n) is 8.16. The normalized spacial score (nSPS) is 15.4. The summed E-state index contributed by atoms with van der Waals surface area (Å²) in [7, 11) is 0. The molecule has 0 heterocycles. The molecule has 0 spiro atoms. The minimum atomic E-state index is -2.26. The summed E-state index contributed by atoms with van der Waals surface area (Å²) in [6.07, 6.45) is -8.99. The van der Waals surface area contributed by atoms with Gasteiger partial charge in [0.2, 0.25) is 11.8 Å². The van der Waals surface area contributed by atoms with Crippen LogP contribution in [-0.4, -0.2) is 152 Å². The number of carbonyl (C=O) groups is 6. The number of rotatable bonds is 21. The van der Waals surface area contributed by atoms with E-state index in [-0.39, 0.29) is 49.2 Å². The van der Waals surface area contributed by atoms with Crippen molar-refractivity contribution in [3.05, 3.63) is 0 Å². The largest absolute Gasteiger partial charge is 0.480 e. The fraction of sp³-hybridized carbons (Fsp3) is 0.700. The number of nitrogens with two attached hydrogens (primary N) is 1. The molecule has 0 bridgehead atoms. The van der Waals surface area contributed by atoms with Gasteiger partial charge < -0.3 is 63.4 Å². The van der Waals surface area contributed by atoms with E-state index in [1.54, 1.807) is 0 Å². The number of carboxylic acids is 2. The SMILES string of the molecule is NC(CSCC(=O)NCCNC(=O)C(O)C(O)C(O)C(O)C(=O)NCCNC(=O)CSCC([NH3+])C(=O)O)C(=O)O. The van der Waals surface area contributed by atoms with Crippen LogP contribution in [0.3, 0.4) is 0 Å². The van der Waals surface area contributed by atoms with Crippen LogP contribution in [0.25, 0.3) is 0 Å². The van der Waals surface area contributed by atoms with Gasteiger partial charge in [0.05, 0.1) is 17.3 Å². The Kier molecular flexibility index (Phi) is 18.8. The van der Waals surface area contributed by atoms with Crippen LogP contribution >= 0.6 is 23.5 Å². The fourth-order valence-electron chi connectivity index (χ4n) is 2.49. The molecule has 4 amide bonds. The lowest BCUT2D eigenvalue weighted by molar-refractivity contribution is -0.400. The Labute approximate surface area is 237 Å². The number of quaternary nitrogens is 1. The lowest BCUT2D eigenvalue weighted by atomic mass is 10.0. The van der Waals surface area contributed by atoms with Gasteiger partial charge in [0.1, 0.15) is 18.2 Å². The molecule has 40 heavy (non-hydrogen) atoms. The Bertz CT molecular complexity index is 802. The number of thioether (sulfide) groups is 2. The Balaban J connectivity index is 4.25. The minimum absolute atomic E-state index is 0.0147. The van der Waals surface area contributed by atoms with Gasteiger partial charge in [0.25, 0.3) is 11.8 Å². The molecule has 0 aliphatic carbocycles. The van der Waals surface area contributed by atoms with E-state index in [1.807, 2.05) is 0 Å². The van der Waals surface area contributed by atoms with Crippen molar-refractivity contribution < 1.29 is 65.1 Å². The molecule has 0 rings (SSSR count). The van der Waals surface area contributed by atoms with Crippen LogP contribution in [0.15, 0.2) is 0 Å². The van der Waals surface area contributed by atoms with Gasteiger partial charge >= 0.3 is 11.9 Å². The summed E-state index contributed by atoms with van der Waals surface area (Å²) < 4.78 is 0. The Morgan fingerprint density at radius 3 is 1.40 bits per heavy atom. The second-order valence-corrected chi connectivity index (χ2v) is 10.2. The van der Waals surface area contributed by atoms with Gasteiger partial charge in [-0.25, -0.2) is 4.79 Å². The van der Waals surface area contributed by atoms with E-state index in [0.29, 0.717) is 0 Å². The van der Waals surface area contributed by atoms with E-state index in [2.05, 4.69) is 27.0 Å². The zero-order valence-electron chi connectivity index (χ0n) is 21.4. The molecule has 0 radical (unpaired) electrons. The highest BCUT2D eigenvalue weighted by Gasteiger charge is 2.37. The van der Waals surface area contributed by atoms with Crippen LogP contribution in [0.2, 0.25) is 0 Å². The zero-order valence-corrected chi connectivity index (χ0v) is 23.0. The smallest absolute Gasteiger partial charge is 0.363 e. The maximum absolute atomic E-state index is 12.0. The summed E-state index contributed by atoms with van der Waals surface area (Å²) >= 11 is 2.04. The van der Waals surface area contributed by atoms with Crippen LogP contribution in [0, 0.1) is 0 Å². The number of carbonyl (C=O) groups excluding carboxylic acids is 4. The van der Waals surface area contributed by atoms with E-state index in [0.717, 1.165) is 23.5 Å². The molecule has 0 saturated carbocycles. The predicted molar refractivity (Wildman–Crippen MR) is 141 cm³/mol. The molecule has 0 aromatic rings. The molecule has 20 heteroatoms. The van der Waals surface area contributed by atoms with Gasteiger partial charge in [-0.05, 0) is 0 Å². The van der Waals surface area contributed by atoms with Crippen LogP contribution in [0.1, 0.15) is 0 Å². The molecule has 0 saturated heterocycles. The standard InChI is InChI=1S/C20H36N6O12S2/c21-9(19(35)36)5-39-7-11(27)23-1-3-25-17(33)15(31)13(29)14(30)16(32)18(34)26-4-2-24-12(28)8-40-6-10(22)20(37)38/h9-10,13-16,29-32H,1-8,21-22H2,(H,23,27)(H,24,28)(H,25,33)(H,26,34)(H,35,36)(H,37,38)/p+1. The van der Waals surface area contributed by atoms with Crippen LogP contribution in [-0.2, 0) is 28.8 Å². The molecule has 0 aromatic carbocycles. The molecule has 0 aromatic heterocycles. The molecule has 0 aliphatic rings. The maximum Gasteiger partial charge on any atom is 0.363 e. The first-order valence-corrected chi connectivity index (χ1v) is 14.0. The van der Waals surface area contributed by atoms with Crippen molar-refractivity contribution in [3.63, 3.8) is 0 Å². The third-order valence-corrected chi connectivity index (χ3v) is 6.94. The third-order valence-electron chi connectivity index (χ3n) is 4.78. The molecule has 18 nitrogen and oxygen atoms in total. The van der Waals surface area contributed by atoms with Crippen molar-refractivity contribution in [1.82, 2.24) is 21.3 Å². The molecular weight excluding hydrogens is 580 g/mol. The Morgan fingerprint density at radius 2 is 1.02 bits per heavy atom. The molecular formula is C20H37N6O12S2+. The second kappa shape index (κ2) is 20.2. The first kappa shape index (κ1) is 37.3. The van der Waals surface area contributed by atoms with Gasteiger partial charge in [-0.2, -0.15) is 0 Å². The highest BCUT2D eigenvalue weighted by Crippen LogP contribution is 2.06. The number of hydrogen-bond acceptors (Lipinski definition) is 13. The van der Waals surface area contributed by atoms with E-state index < -0.39 is 72.1 Å². The molecule has 15 N–H and O–H groups in total. The average Bonchev–Trinajstić information content (AvgIpc) is 2.90. The first-order valence-electron chi connectivity index (χ1n) is 11.7. The van der Waals surface area contributed by atoms with Crippen molar-refractivity contribution in [2.45, 2.75) is 36.5 Å². The highest BCUT2D eigenvalue weighted by molar-refractivity contribution is 8.00. The first-order chi connectivity index (χ1) is 18.7. The number of aliphatic hydroxyl groups is 4. The van der Waals surface area contributed by atoms with Gasteiger partial charge in [-0.1, -0.05) is 0 Å². The van der Waals surface area contributed by atoms with E-state index in [4.69, 9.17) is 15.9 Å². The topological polar surface area (TPSA) is 326 Å². The van der Waals surface area contributed by atoms with Crippen molar-refractivity contribution in [2.24, 2.45) is 5.73 Å². The predicted octanol–water partition coefficient (Wildman–Crippen LogP) is -7.53. The van der Waals surface area contributed by atoms with Gasteiger partial charge in [0, 0.05) is 31.9 Å². The summed E-state index contributed by atoms with van der Waals surface area (Å²) in [5.41, 5.74) is 8.70. The molecule has 230 valence electrons. The molecule has 0 fully saturated rings. The fourth-order valence-corrected chi connectivity index (χ4v) is 4.12. The average molecular weight is 618 g/mol. The summed E-state index contributed by atoms with van der Waals surface area (Å²) in [5.74, 6) is -5.52. The third kappa shape index (κ3) is 15.8. The minimum Gasteiger partial charge on any atom is -0.480 e. The number of aliphatic carboxylic acids is 2. The van der Waals surface area contributed by atoms with E-state index >= 15 is 0 Å². The van der Waals surface area contributed by atoms with Gasteiger partial charge in [-0.15, -0.1) is 23.5 Å². The van der Waals surface area contributed by atoms with E-state index in [9.17, 15) is 49.2 Å². The molecule has 0 aliphatic heterocycles. The van der Waals surface area contributed by atoms with Gasteiger partial charge in [0.15, 0.2) is 18.2 Å². The quantitative estimate of drug-likeness (QED) is 0.0532. The van der Waals surface area contributed by atoms with Crippen molar-refractivity contribution in [2.75, 3.05) is 49.2 Å². The Morgan fingerprint density at radius 1 is 0.650 bits per heavy atom. The number of carboxylic acid groups (broad SMARTS) is 2. The number of hydrogen-bond donors (Lipinski definition) is 12. The van der Waals surface area contributed by atoms with Crippen molar-refractivity contribution in [1.29, 1.82) is 0 Å². The van der Waals surface area contributed by atoms with Crippen LogP contribution in [0.4, 0.5) is 0 Å². The number of aliphatic hydroxyl groups excluding tert-OH is 4. The van der Waals surface area contributed by atoms with Crippen LogP contribution < -0.4 is 32.7 Å². The number of nitrogens with one attached hydrogen (secondary N) is 4. The highest BCUT2D eigenvalue weighted by atomic mass is 32.2. The molecule has 6 unspecified atom stereocenters. The van der Waals surface area contributed by atoms with Crippen molar-refractivity contribution in [3.8, 4) is 0 Å². The monoisotopic (exact) mass is 617 g/mol. The summed E-state index contributed by atoms with van der Waals surface area (Å²) in [6, 6.07) is -1.99. The lowest BCUT2D eigenvalue weighted by Crippen LogP contribution is -2.66. The lowest BCUT2D eigenvalue weighted by Gasteiger charge is -2.25. The summed E-state index contributed by atoms with van der Waals surface area (Å²) in [4.78, 5) is 68.6. The van der Waals surface area contributed by atoms with Gasteiger partial charge in [-0.3, -0.25) is 24.0 Å². The van der Waals surface area contributed by atoms with Crippen molar-refractivity contribution >= 4 is 59.1 Å². The summed E-state index contributed by atoms with van der Waals surface area (Å²) in [5, 5.41) is 66.4. The zero-order chi connectivity index (χ0) is 30.8. The van der Waals surface area contributed by atoms with Crippen LogP contribution in [0.5, 0.6) is 0 Å². The molecule has 6 atom stereocenters. The Hall–Kier alpha value is -2.72. The summed E-state index contributed by atoms with van der Waals surface area (Å²) in [6.45, 7) is -0.520. The maximum atomic E-state index is 12.0. The van der Waals surface area contributed by atoms with E-state index in [1.165, 1.54) is 0 Å². The number of amides is 4.